The van der Waals surface area contributed by atoms with Crippen LogP contribution in [0.25, 0.3) is 0 Å². The highest BCUT2D eigenvalue weighted by Gasteiger charge is 2.22. The van der Waals surface area contributed by atoms with Gasteiger partial charge < -0.3 is 10.2 Å². The topological polar surface area (TPSA) is 15.3 Å². The summed E-state index contributed by atoms with van der Waals surface area (Å²) in [7, 11) is 0. The molecule has 0 radical (unpaired) electrons. The first-order chi connectivity index (χ1) is 14.7. The average Bonchev–Trinajstić information content (AvgIpc) is 2.77. The monoisotopic (exact) mass is 432 g/mol. The van der Waals surface area contributed by atoms with Gasteiger partial charge in [0.2, 0.25) is 0 Å². The molecule has 150 valence electrons. The van der Waals surface area contributed by atoms with Crippen molar-refractivity contribution in [3.63, 3.8) is 0 Å². The fourth-order valence-corrected chi connectivity index (χ4v) is 3.85. The quantitative estimate of drug-likeness (QED) is 0.299. The third-order valence-corrected chi connectivity index (χ3v) is 5.36. The number of nitrogens with one attached hydrogen (secondary N) is 1. The van der Waals surface area contributed by atoms with Gasteiger partial charge in [-0.05, 0) is 47.5 Å². The molecule has 1 N–H and O–H groups in total. The van der Waals surface area contributed by atoms with Crippen LogP contribution < -0.4 is 10.2 Å². The zero-order valence-electron chi connectivity index (χ0n) is 16.4. The lowest BCUT2D eigenvalue weighted by Gasteiger charge is -2.35. The van der Waals surface area contributed by atoms with Gasteiger partial charge >= 0.3 is 0 Å². The van der Waals surface area contributed by atoms with Gasteiger partial charge in [-0.1, -0.05) is 96.0 Å². The lowest BCUT2D eigenvalue weighted by molar-refractivity contribution is 0.682. The summed E-state index contributed by atoms with van der Waals surface area (Å²) >= 11 is 12.6. The van der Waals surface area contributed by atoms with Gasteiger partial charge in [0.1, 0.15) is 6.17 Å². The van der Waals surface area contributed by atoms with Crippen molar-refractivity contribution in [3.8, 4) is 0 Å². The molecule has 30 heavy (non-hydrogen) atoms. The molecule has 0 fully saturated rings. The van der Waals surface area contributed by atoms with Crippen molar-refractivity contribution in [3.05, 3.63) is 130 Å². The zero-order chi connectivity index (χ0) is 20.8. The second-order valence-electron chi connectivity index (χ2n) is 7.06. The molecule has 4 rings (SSSR count). The lowest BCUT2D eigenvalue weighted by Crippen LogP contribution is -2.33. The molecule has 1 unspecified atom stereocenters. The summed E-state index contributed by atoms with van der Waals surface area (Å²) in [6.45, 7) is 0.717. The Kier molecular flexibility index (Phi) is 6.58. The van der Waals surface area contributed by atoms with Gasteiger partial charge in [0.05, 0.1) is 0 Å². The van der Waals surface area contributed by atoms with Crippen molar-refractivity contribution in [2.75, 3.05) is 10.2 Å². The third kappa shape index (κ3) is 5.15. The average molecular weight is 433 g/mol. The van der Waals surface area contributed by atoms with Crippen molar-refractivity contribution >= 4 is 34.6 Å². The van der Waals surface area contributed by atoms with Gasteiger partial charge in [-0.3, -0.25) is 0 Å². The van der Waals surface area contributed by atoms with E-state index >= 15 is 0 Å². The standard InChI is InChI=1S/C26H22Cl2N2/c27-22-13-7-15-24(17-22)29-26(21-11-5-2-6-12-21)30(19-20-9-3-1-4-10-20)25-16-8-14-23(28)18-25/h1-18,26,29H,19H2. The Morgan fingerprint density at radius 1 is 0.667 bits per heavy atom. The molecule has 4 aromatic carbocycles. The van der Waals surface area contributed by atoms with Crippen LogP contribution in [0.15, 0.2) is 109 Å². The maximum atomic E-state index is 6.36. The molecule has 0 aliphatic rings. The summed E-state index contributed by atoms with van der Waals surface area (Å²) < 4.78 is 0. The Morgan fingerprint density at radius 3 is 1.97 bits per heavy atom. The van der Waals surface area contributed by atoms with Crippen LogP contribution in [0.4, 0.5) is 11.4 Å². The lowest BCUT2D eigenvalue weighted by atomic mass is 10.1. The zero-order valence-corrected chi connectivity index (χ0v) is 17.9. The van der Waals surface area contributed by atoms with E-state index in [-0.39, 0.29) is 6.17 Å². The van der Waals surface area contributed by atoms with E-state index in [1.165, 1.54) is 5.56 Å². The third-order valence-electron chi connectivity index (χ3n) is 4.89. The van der Waals surface area contributed by atoms with Gasteiger partial charge in [-0.25, -0.2) is 0 Å². The molecule has 0 aromatic heterocycles. The van der Waals surface area contributed by atoms with E-state index in [1.807, 2.05) is 54.6 Å². The highest BCUT2D eigenvalue weighted by atomic mass is 35.5. The molecule has 1 atom stereocenters. The summed E-state index contributed by atoms with van der Waals surface area (Å²) in [6, 6.07) is 36.6. The second kappa shape index (κ2) is 9.71. The van der Waals surface area contributed by atoms with Crippen LogP contribution in [-0.2, 0) is 6.54 Å². The molecule has 4 aromatic rings. The summed E-state index contributed by atoms with van der Waals surface area (Å²) in [5.74, 6) is 0. The van der Waals surface area contributed by atoms with Gasteiger partial charge in [0.15, 0.2) is 0 Å². The van der Waals surface area contributed by atoms with Crippen molar-refractivity contribution in [2.45, 2.75) is 12.7 Å². The van der Waals surface area contributed by atoms with Crippen LogP contribution in [0.2, 0.25) is 10.0 Å². The van der Waals surface area contributed by atoms with E-state index in [0.29, 0.717) is 16.6 Å². The van der Waals surface area contributed by atoms with Gasteiger partial charge in [-0.2, -0.15) is 0 Å². The van der Waals surface area contributed by atoms with E-state index < -0.39 is 0 Å². The van der Waals surface area contributed by atoms with Gasteiger partial charge in [-0.15, -0.1) is 0 Å². The summed E-state index contributed by atoms with van der Waals surface area (Å²) in [4.78, 5) is 2.32. The number of rotatable bonds is 7. The molecule has 4 heteroatoms. The van der Waals surface area contributed by atoms with Crippen molar-refractivity contribution < 1.29 is 0 Å². The highest BCUT2D eigenvalue weighted by molar-refractivity contribution is 6.31. The van der Waals surface area contributed by atoms with Crippen LogP contribution >= 0.6 is 23.2 Å². The predicted molar refractivity (Wildman–Crippen MR) is 128 cm³/mol. The molecule has 0 saturated heterocycles. The van der Waals surface area contributed by atoms with E-state index in [4.69, 9.17) is 23.2 Å². The fraction of sp³-hybridized carbons (Fsp3) is 0.0769. The maximum Gasteiger partial charge on any atom is 0.126 e. The number of halogens is 2. The number of hydrogen-bond acceptors (Lipinski definition) is 2. The molecule has 0 bridgehead atoms. The summed E-state index contributed by atoms with van der Waals surface area (Å²) in [5.41, 5.74) is 4.35. The minimum atomic E-state index is -0.122. The van der Waals surface area contributed by atoms with Crippen LogP contribution in [0.1, 0.15) is 17.3 Å². The molecule has 0 amide bonds. The van der Waals surface area contributed by atoms with Crippen molar-refractivity contribution in [1.29, 1.82) is 0 Å². The Balaban J connectivity index is 1.79. The number of hydrogen-bond donors (Lipinski definition) is 1. The summed E-state index contributed by atoms with van der Waals surface area (Å²) in [6.07, 6.45) is -0.122. The van der Waals surface area contributed by atoms with Gasteiger partial charge in [0, 0.05) is 28.0 Å². The Bertz CT molecular complexity index is 1080. The van der Waals surface area contributed by atoms with Crippen LogP contribution in [0.3, 0.4) is 0 Å². The Hall–Kier alpha value is -2.94. The molecule has 0 spiro atoms. The smallest absolute Gasteiger partial charge is 0.126 e. The molecule has 0 aliphatic carbocycles. The molecule has 0 heterocycles. The van der Waals surface area contributed by atoms with E-state index in [0.717, 1.165) is 16.9 Å². The minimum absolute atomic E-state index is 0.122. The largest absolute Gasteiger partial charge is 0.361 e. The van der Waals surface area contributed by atoms with Gasteiger partial charge in [0.25, 0.3) is 0 Å². The number of benzene rings is 4. The SMILES string of the molecule is Clc1cccc(NC(c2ccccc2)N(Cc2ccccc2)c2cccc(Cl)c2)c1. The Morgan fingerprint density at radius 2 is 1.30 bits per heavy atom. The maximum absolute atomic E-state index is 6.36. The number of anilines is 2. The van der Waals surface area contributed by atoms with E-state index in [1.54, 1.807) is 0 Å². The molecular weight excluding hydrogens is 411 g/mol. The molecule has 2 nitrogen and oxygen atoms in total. The molecular formula is C26H22Cl2N2. The fourth-order valence-electron chi connectivity index (χ4n) is 3.48. The van der Waals surface area contributed by atoms with Crippen molar-refractivity contribution in [2.24, 2.45) is 0 Å². The Labute approximate surface area is 187 Å². The van der Waals surface area contributed by atoms with Crippen LogP contribution in [0, 0.1) is 0 Å². The predicted octanol–water partition coefficient (Wildman–Crippen LogP) is 7.81. The molecule has 0 saturated carbocycles. The minimum Gasteiger partial charge on any atom is -0.361 e. The summed E-state index contributed by atoms with van der Waals surface area (Å²) in [5, 5.41) is 5.08. The van der Waals surface area contributed by atoms with Crippen LogP contribution in [0.5, 0.6) is 0 Å². The van der Waals surface area contributed by atoms with Crippen LogP contribution in [-0.4, -0.2) is 0 Å². The normalized spacial score (nSPS) is 11.7. The number of nitrogens with zero attached hydrogens (tertiary/aromatic N) is 1. The first kappa shape index (κ1) is 20.3. The van der Waals surface area contributed by atoms with E-state index in [9.17, 15) is 0 Å². The molecule has 0 aliphatic heterocycles. The highest BCUT2D eigenvalue weighted by Crippen LogP contribution is 2.32. The second-order valence-corrected chi connectivity index (χ2v) is 7.93. The first-order valence-electron chi connectivity index (χ1n) is 9.82. The van der Waals surface area contributed by atoms with Crippen molar-refractivity contribution in [1.82, 2.24) is 0 Å². The van der Waals surface area contributed by atoms with E-state index in [2.05, 4.69) is 64.8 Å². The first-order valence-corrected chi connectivity index (χ1v) is 10.6.